The van der Waals surface area contributed by atoms with Crippen LogP contribution in [-0.2, 0) is 6.42 Å². The fraction of sp³-hybridized carbons (Fsp3) is 0.250. The first-order valence-corrected chi connectivity index (χ1v) is 7.25. The highest BCUT2D eigenvalue weighted by molar-refractivity contribution is 9.10. The van der Waals surface area contributed by atoms with Gasteiger partial charge in [-0.25, -0.2) is 0 Å². The smallest absolute Gasteiger partial charge is 0.130 e. The molecule has 2 aromatic rings. The van der Waals surface area contributed by atoms with Gasteiger partial charge in [0.1, 0.15) is 11.5 Å². The monoisotopic (exact) mass is 319 g/mol. The Morgan fingerprint density at radius 1 is 1.11 bits per heavy atom. The quantitative estimate of drug-likeness (QED) is 0.879. The molecular weight excluding hydrogens is 302 g/mol. The molecule has 2 nitrogen and oxygen atoms in total. The number of nitrogens with two attached hydrogens (primary N) is 1. The van der Waals surface area contributed by atoms with Crippen LogP contribution in [0, 0.1) is 0 Å². The molecule has 2 rings (SSSR count). The molecule has 3 heteroatoms. The van der Waals surface area contributed by atoms with Crippen molar-refractivity contribution in [1.82, 2.24) is 0 Å². The van der Waals surface area contributed by atoms with E-state index in [0.717, 1.165) is 34.4 Å². The summed E-state index contributed by atoms with van der Waals surface area (Å²) in [6.07, 6.45) is 1.80. The van der Waals surface area contributed by atoms with E-state index in [-0.39, 0.29) is 6.04 Å². The van der Waals surface area contributed by atoms with Gasteiger partial charge in [-0.1, -0.05) is 41.1 Å². The van der Waals surface area contributed by atoms with Gasteiger partial charge < -0.3 is 10.5 Å². The minimum absolute atomic E-state index is 0.176. The summed E-state index contributed by atoms with van der Waals surface area (Å²) < 4.78 is 6.98. The van der Waals surface area contributed by atoms with Gasteiger partial charge >= 0.3 is 0 Å². The van der Waals surface area contributed by atoms with Crippen LogP contribution in [0.15, 0.2) is 53.0 Å². The van der Waals surface area contributed by atoms with Gasteiger partial charge in [-0.2, -0.15) is 0 Å². The molecule has 0 aliphatic carbocycles. The van der Waals surface area contributed by atoms with Gasteiger partial charge in [0.15, 0.2) is 0 Å². The Morgan fingerprint density at radius 3 is 2.47 bits per heavy atom. The summed E-state index contributed by atoms with van der Waals surface area (Å²) in [6, 6.07) is 16.1. The first-order chi connectivity index (χ1) is 9.19. The lowest BCUT2D eigenvalue weighted by Gasteiger charge is -2.14. The van der Waals surface area contributed by atoms with Crippen molar-refractivity contribution >= 4 is 15.9 Å². The molecule has 2 aromatic carbocycles. The Morgan fingerprint density at radius 2 is 1.79 bits per heavy atom. The van der Waals surface area contributed by atoms with Crippen LogP contribution in [0.1, 0.15) is 18.9 Å². The highest BCUT2D eigenvalue weighted by atomic mass is 79.9. The van der Waals surface area contributed by atoms with Crippen LogP contribution in [0.5, 0.6) is 11.5 Å². The molecule has 0 saturated heterocycles. The molecule has 0 radical (unpaired) electrons. The lowest BCUT2D eigenvalue weighted by molar-refractivity contribution is 0.472. The van der Waals surface area contributed by atoms with Crippen molar-refractivity contribution in [3.8, 4) is 11.5 Å². The summed E-state index contributed by atoms with van der Waals surface area (Å²) >= 11 is 3.42. The molecule has 0 fully saturated rings. The van der Waals surface area contributed by atoms with Gasteiger partial charge in [0.2, 0.25) is 0 Å². The van der Waals surface area contributed by atoms with Crippen molar-refractivity contribution in [3.63, 3.8) is 0 Å². The van der Waals surface area contributed by atoms with E-state index in [1.165, 1.54) is 0 Å². The second-order valence-corrected chi connectivity index (χ2v) is 5.45. The molecule has 1 atom stereocenters. The van der Waals surface area contributed by atoms with Gasteiger partial charge in [0.05, 0.1) is 0 Å². The summed E-state index contributed by atoms with van der Waals surface area (Å²) in [4.78, 5) is 0. The zero-order valence-corrected chi connectivity index (χ0v) is 12.6. The highest BCUT2D eigenvalue weighted by Crippen LogP contribution is 2.27. The Balaban J connectivity index is 2.17. The largest absolute Gasteiger partial charge is 0.457 e. The van der Waals surface area contributed by atoms with E-state index in [1.807, 2.05) is 42.5 Å². The number of benzene rings is 2. The SMILES string of the molecule is CCC(N)Cc1ccccc1Oc1ccc(Br)cc1. The second kappa shape index (κ2) is 6.73. The lowest BCUT2D eigenvalue weighted by atomic mass is 10.0. The minimum Gasteiger partial charge on any atom is -0.457 e. The van der Waals surface area contributed by atoms with Crippen LogP contribution in [-0.4, -0.2) is 6.04 Å². The molecule has 0 aromatic heterocycles. The average Bonchev–Trinajstić information content (AvgIpc) is 2.43. The predicted octanol–water partition coefficient (Wildman–Crippen LogP) is 4.52. The first kappa shape index (κ1) is 14.1. The van der Waals surface area contributed by atoms with Gasteiger partial charge in [-0.3, -0.25) is 0 Å². The van der Waals surface area contributed by atoms with Gasteiger partial charge in [-0.15, -0.1) is 0 Å². The Hall–Kier alpha value is -1.32. The van der Waals surface area contributed by atoms with E-state index in [1.54, 1.807) is 0 Å². The van der Waals surface area contributed by atoms with Crippen molar-refractivity contribution in [3.05, 3.63) is 58.6 Å². The number of para-hydroxylation sites is 1. The van der Waals surface area contributed by atoms with Crippen LogP contribution in [0.2, 0.25) is 0 Å². The number of ether oxygens (including phenoxy) is 1. The van der Waals surface area contributed by atoms with Gasteiger partial charge in [-0.05, 0) is 48.7 Å². The summed E-state index contributed by atoms with van der Waals surface area (Å²) in [6.45, 7) is 2.10. The molecule has 0 heterocycles. The van der Waals surface area contributed by atoms with E-state index in [9.17, 15) is 0 Å². The number of halogens is 1. The van der Waals surface area contributed by atoms with Crippen molar-refractivity contribution < 1.29 is 4.74 Å². The van der Waals surface area contributed by atoms with E-state index in [4.69, 9.17) is 10.5 Å². The molecule has 19 heavy (non-hydrogen) atoms. The molecule has 0 saturated carbocycles. The standard InChI is InChI=1S/C16H18BrNO/c1-2-14(18)11-12-5-3-4-6-16(12)19-15-9-7-13(17)8-10-15/h3-10,14H,2,11,18H2,1H3. The third kappa shape index (κ3) is 4.08. The van der Waals surface area contributed by atoms with Crippen LogP contribution >= 0.6 is 15.9 Å². The molecule has 0 spiro atoms. The maximum absolute atomic E-state index is 6.03. The van der Waals surface area contributed by atoms with Gasteiger partial charge in [0, 0.05) is 10.5 Å². The maximum Gasteiger partial charge on any atom is 0.130 e. The Kier molecular flexibility index (Phi) is 5.00. The third-order valence-electron chi connectivity index (χ3n) is 3.02. The Labute approximate surface area is 122 Å². The fourth-order valence-corrected chi connectivity index (χ4v) is 2.09. The topological polar surface area (TPSA) is 35.2 Å². The molecule has 0 amide bonds. The summed E-state index contributed by atoms with van der Waals surface area (Å²) in [5.41, 5.74) is 7.18. The van der Waals surface area contributed by atoms with E-state index in [0.29, 0.717) is 0 Å². The van der Waals surface area contributed by atoms with Crippen LogP contribution in [0.3, 0.4) is 0 Å². The summed E-state index contributed by atoms with van der Waals surface area (Å²) in [7, 11) is 0. The highest BCUT2D eigenvalue weighted by Gasteiger charge is 2.08. The second-order valence-electron chi connectivity index (χ2n) is 4.54. The van der Waals surface area contributed by atoms with E-state index in [2.05, 4.69) is 28.9 Å². The number of hydrogen-bond donors (Lipinski definition) is 1. The molecule has 1 unspecified atom stereocenters. The molecule has 0 bridgehead atoms. The average molecular weight is 320 g/mol. The molecular formula is C16H18BrNO. The zero-order valence-electron chi connectivity index (χ0n) is 11.0. The third-order valence-corrected chi connectivity index (χ3v) is 3.55. The van der Waals surface area contributed by atoms with Crippen molar-refractivity contribution in [2.45, 2.75) is 25.8 Å². The fourth-order valence-electron chi connectivity index (χ4n) is 1.83. The summed E-state index contributed by atoms with van der Waals surface area (Å²) in [5.74, 6) is 1.72. The van der Waals surface area contributed by atoms with E-state index >= 15 is 0 Å². The number of hydrogen-bond acceptors (Lipinski definition) is 2. The van der Waals surface area contributed by atoms with Crippen molar-refractivity contribution in [2.24, 2.45) is 5.73 Å². The molecule has 2 N–H and O–H groups in total. The molecule has 0 aliphatic heterocycles. The Bertz CT molecular complexity index is 525. The predicted molar refractivity (Wildman–Crippen MR) is 82.6 cm³/mol. The maximum atomic E-state index is 6.03. The lowest BCUT2D eigenvalue weighted by Crippen LogP contribution is -2.21. The van der Waals surface area contributed by atoms with Gasteiger partial charge in [0.25, 0.3) is 0 Å². The van der Waals surface area contributed by atoms with Crippen molar-refractivity contribution in [1.29, 1.82) is 0 Å². The first-order valence-electron chi connectivity index (χ1n) is 6.46. The van der Waals surface area contributed by atoms with Crippen molar-refractivity contribution in [2.75, 3.05) is 0 Å². The minimum atomic E-state index is 0.176. The van der Waals surface area contributed by atoms with Crippen LogP contribution in [0.4, 0.5) is 0 Å². The normalized spacial score (nSPS) is 12.2. The van der Waals surface area contributed by atoms with Crippen LogP contribution in [0.25, 0.3) is 0 Å². The van der Waals surface area contributed by atoms with Crippen LogP contribution < -0.4 is 10.5 Å². The molecule has 100 valence electrons. The number of rotatable bonds is 5. The summed E-state index contributed by atoms with van der Waals surface area (Å²) in [5, 5.41) is 0. The molecule has 0 aliphatic rings. The van der Waals surface area contributed by atoms with E-state index < -0.39 is 0 Å². The zero-order chi connectivity index (χ0) is 13.7.